The molecule has 1 fully saturated rings. The van der Waals surface area contributed by atoms with Crippen molar-refractivity contribution in [3.63, 3.8) is 0 Å². The third kappa shape index (κ3) is 16.8. The molecule has 3 aliphatic rings. The zero-order valence-electron chi connectivity index (χ0n) is 47.7. The number of anilines is 1. The summed E-state index contributed by atoms with van der Waals surface area (Å²) in [5, 5.41) is 31.5. The number of nitrogens with one attached hydrogen (secondary N) is 4. The topological polar surface area (TPSA) is 295 Å². The highest BCUT2D eigenvalue weighted by Gasteiger charge is 2.43. The molecular weight excluding hydrogens is 1040 g/mol. The second-order valence-corrected chi connectivity index (χ2v) is 21.6. The zero-order chi connectivity index (χ0) is 59.4. The highest BCUT2D eigenvalue weighted by Crippen LogP contribution is 2.47. The van der Waals surface area contributed by atoms with Crippen LogP contribution < -0.4 is 37.6 Å². The lowest BCUT2D eigenvalue weighted by Gasteiger charge is -2.27. The first kappa shape index (κ1) is 62.3. The fourth-order valence-corrected chi connectivity index (χ4v) is 10.4. The van der Waals surface area contributed by atoms with Crippen LogP contribution in [0.3, 0.4) is 0 Å². The molecule has 1 saturated heterocycles. The average molecular weight is 1120 g/mol. The van der Waals surface area contributed by atoms with Crippen LogP contribution in [0.25, 0.3) is 6.08 Å². The van der Waals surface area contributed by atoms with Crippen molar-refractivity contribution in [2.24, 2.45) is 16.5 Å². The summed E-state index contributed by atoms with van der Waals surface area (Å²) in [4.78, 5) is 102. The number of carbonyl (C=O) groups excluding carboxylic acids is 7. The van der Waals surface area contributed by atoms with E-state index in [-0.39, 0.29) is 85.6 Å². The summed E-state index contributed by atoms with van der Waals surface area (Å²) in [6.45, 7) is 10.2. The van der Waals surface area contributed by atoms with Gasteiger partial charge >= 0.3 is 5.97 Å². The number of hydrogen-bond acceptors (Lipinski definition) is 12. The van der Waals surface area contributed by atoms with Crippen LogP contribution in [0.1, 0.15) is 128 Å². The summed E-state index contributed by atoms with van der Waals surface area (Å²) in [6, 6.07) is 22.3. The van der Waals surface area contributed by atoms with Crippen LogP contribution in [-0.4, -0.2) is 113 Å². The van der Waals surface area contributed by atoms with Gasteiger partial charge < -0.3 is 47.6 Å². The van der Waals surface area contributed by atoms with Crippen LogP contribution in [0.5, 0.6) is 5.75 Å². The number of imide groups is 1. The van der Waals surface area contributed by atoms with Crippen LogP contribution in [0.2, 0.25) is 0 Å². The Morgan fingerprint density at radius 1 is 0.768 bits per heavy atom. The van der Waals surface area contributed by atoms with Crippen LogP contribution in [0.4, 0.5) is 11.4 Å². The Labute approximate surface area is 480 Å². The minimum Gasteiger partial charge on any atom is -0.508 e. The van der Waals surface area contributed by atoms with Crippen molar-refractivity contribution in [3.05, 3.63) is 131 Å². The predicted octanol–water partition coefficient (Wildman–Crippen LogP) is 6.17. The lowest BCUT2D eigenvalue weighted by molar-refractivity contribution is -0.401. The van der Waals surface area contributed by atoms with Crippen molar-refractivity contribution < 1.29 is 48.1 Å². The van der Waals surface area contributed by atoms with E-state index in [1.165, 1.54) is 52.9 Å². The summed E-state index contributed by atoms with van der Waals surface area (Å²) < 4.78 is 2.25. The number of aliphatic imine (C=N–C) groups is 1. The Hall–Kier alpha value is -8.86. The second kappa shape index (κ2) is 29.6. The third-order valence-electron chi connectivity index (χ3n) is 14.8. The van der Waals surface area contributed by atoms with Gasteiger partial charge in [-0.05, 0) is 107 Å². The van der Waals surface area contributed by atoms with E-state index in [9.17, 15) is 43.9 Å². The zero-order valence-corrected chi connectivity index (χ0v) is 47.7. The number of aromatic hydroxyl groups is 1. The van der Waals surface area contributed by atoms with Gasteiger partial charge in [-0.3, -0.25) is 33.8 Å². The highest BCUT2D eigenvalue weighted by molar-refractivity contribution is 6.05. The van der Waals surface area contributed by atoms with Crippen molar-refractivity contribution in [2.45, 2.75) is 134 Å². The summed E-state index contributed by atoms with van der Waals surface area (Å²) in [6.07, 6.45) is 15.2. The molecule has 82 heavy (non-hydrogen) atoms. The van der Waals surface area contributed by atoms with E-state index in [2.05, 4.69) is 137 Å². The number of nitriles is 1. The van der Waals surface area contributed by atoms with Crippen molar-refractivity contribution in [1.82, 2.24) is 26.3 Å². The van der Waals surface area contributed by atoms with Gasteiger partial charge in [-0.1, -0.05) is 87.0 Å². The Bertz CT molecular complexity index is 3060. The number of hydroxylamine groups is 2. The molecule has 20 nitrogen and oxygen atoms in total. The first-order valence-electron chi connectivity index (χ1n) is 28.0. The monoisotopic (exact) mass is 1120 g/mol. The van der Waals surface area contributed by atoms with E-state index in [1.807, 2.05) is 18.2 Å². The smallest absolute Gasteiger partial charge is 0.333 e. The van der Waals surface area contributed by atoms with Gasteiger partial charge in [0, 0.05) is 86.4 Å². The number of para-hydroxylation sites is 2. The Morgan fingerprint density at radius 2 is 1.43 bits per heavy atom. The lowest BCUT2D eigenvalue weighted by Crippen LogP contribution is -2.54. The molecule has 3 aliphatic heterocycles. The minimum absolute atomic E-state index is 0.00493. The molecule has 0 aliphatic carbocycles. The number of amides is 6. The quantitative estimate of drug-likeness (QED) is 0.00599. The number of hydrogen-bond donors (Lipinski definition) is 7. The van der Waals surface area contributed by atoms with Gasteiger partial charge in [0.25, 0.3) is 17.7 Å². The number of nitrogens with two attached hydrogens (primary N) is 2. The molecule has 0 radical (unpaired) electrons. The van der Waals surface area contributed by atoms with E-state index in [0.717, 1.165) is 11.4 Å². The maximum Gasteiger partial charge on any atom is 0.333 e. The van der Waals surface area contributed by atoms with Gasteiger partial charge in [-0.15, -0.1) is 5.06 Å². The van der Waals surface area contributed by atoms with Gasteiger partial charge in [-0.25, -0.2) is 4.79 Å². The van der Waals surface area contributed by atoms with Crippen LogP contribution in [-0.2, 0) is 49.2 Å². The molecular formula is C62H78N11O9+. The van der Waals surface area contributed by atoms with Gasteiger partial charge in [0.15, 0.2) is 11.7 Å². The molecule has 2 atom stereocenters. The fourth-order valence-electron chi connectivity index (χ4n) is 10.4. The SMILES string of the molecule is C[N+]1=C(/C=C/C=C/C=C2/N(CCCC(=O)NCCCCC(NC(=O)/C(C#N)=C/c3ccc(O)cc3)C(=O)NC(CCCN=C(N)N)C(=O)NCCCCCC(=O)ON3C(=O)CCC3=O)c3ccccc3C2(C)C)C(C)(C)c2ccccc21. The number of phenols is 1. The largest absolute Gasteiger partial charge is 0.508 e. The number of nitrogens with zero attached hydrogens (tertiary/aromatic N) is 5. The molecule has 3 aromatic carbocycles. The molecule has 3 aromatic rings. The summed E-state index contributed by atoms with van der Waals surface area (Å²) >= 11 is 0. The first-order chi connectivity index (χ1) is 39.2. The second-order valence-electron chi connectivity index (χ2n) is 21.6. The van der Waals surface area contributed by atoms with Crippen molar-refractivity contribution in [1.29, 1.82) is 5.26 Å². The summed E-state index contributed by atoms with van der Waals surface area (Å²) in [7, 11) is 2.10. The van der Waals surface area contributed by atoms with Gasteiger partial charge in [0.1, 0.15) is 36.5 Å². The van der Waals surface area contributed by atoms with Crippen LogP contribution in [0.15, 0.2) is 119 Å². The Balaban J connectivity index is 1.03. The number of phenolic OH excluding ortho intramolecular Hbond substituents is 1. The summed E-state index contributed by atoms with van der Waals surface area (Å²) in [5.41, 5.74) is 18.0. The Kier molecular flexibility index (Phi) is 22.5. The number of fused-ring (bicyclic) bond motifs is 2. The van der Waals surface area contributed by atoms with Crippen molar-refractivity contribution in [2.75, 3.05) is 38.1 Å². The molecule has 0 bridgehead atoms. The molecule has 9 N–H and O–H groups in total. The van der Waals surface area contributed by atoms with Gasteiger partial charge in [0.2, 0.25) is 23.4 Å². The van der Waals surface area contributed by atoms with E-state index < -0.39 is 47.6 Å². The van der Waals surface area contributed by atoms with Crippen LogP contribution >= 0.6 is 0 Å². The summed E-state index contributed by atoms with van der Waals surface area (Å²) in [5.74, 6) is -4.18. The standard InChI is InChI=1S/C62H77N11O9/c1-61(2)45-20-11-13-24-49(45)71(5)51(61)26-8-6-9-27-52-62(3,4)46-21-12-14-25-50(46)72(52)39-19-28-53(75)66-36-17-15-22-48(69-57(79)43(41-63)40-42-30-32-44(74)33-31-42)59(81)70-47(23-18-38-68-60(64)65)58(80)67-37-16-7-10-29-56(78)82-73-54(76)34-35-55(73)77/h6,8-9,11-14,20-21,24-27,30-33,40,47-48H,7,10,15-19,22-23,28-29,34-39H2,1-5H3,(H8-,64,65,66,67,68,69,70,74,75,79,80,81)/p+1. The molecule has 0 saturated carbocycles. The lowest BCUT2D eigenvalue weighted by atomic mass is 9.81. The number of unbranched alkanes of at least 4 members (excludes halogenated alkanes) is 3. The van der Waals surface area contributed by atoms with E-state index >= 15 is 0 Å². The molecule has 434 valence electrons. The van der Waals surface area contributed by atoms with Crippen molar-refractivity contribution >= 4 is 70.5 Å². The highest BCUT2D eigenvalue weighted by atomic mass is 16.7. The van der Waals surface area contributed by atoms with Crippen molar-refractivity contribution in [3.8, 4) is 11.8 Å². The molecule has 6 rings (SSSR count). The van der Waals surface area contributed by atoms with E-state index in [4.69, 9.17) is 16.3 Å². The number of carbonyl (C=O) groups is 7. The number of rotatable bonds is 29. The van der Waals surface area contributed by atoms with E-state index in [1.54, 1.807) is 0 Å². The predicted molar refractivity (Wildman–Crippen MR) is 314 cm³/mol. The molecule has 20 heteroatoms. The first-order valence-corrected chi connectivity index (χ1v) is 28.0. The molecule has 3 heterocycles. The normalized spacial score (nSPS) is 16.4. The molecule has 0 aromatic heterocycles. The number of guanidine groups is 1. The molecule has 2 unspecified atom stereocenters. The fraction of sp³-hybridized carbons (Fsp3) is 0.419. The number of allylic oxidation sites excluding steroid dienone is 6. The van der Waals surface area contributed by atoms with Gasteiger partial charge in [-0.2, -0.15) is 9.84 Å². The van der Waals surface area contributed by atoms with Crippen LogP contribution in [0, 0.1) is 11.3 Å². The molecule has 6 amide bonds. The molecule has 0 spiro atoms. The minimum atomic E-state index is -1.21. The maximum atomic E-state index is 14.1. The average Bonchev–Trinajstić information content (AvgIpc) is 4.20. The van der Waals surface area contributed by atoms with E-state index in [0.29, 0.717) is 68.7 Å². The maximum absolute atomic E-state index is 14.1. The Morgan fingerprint density at radius 3 is 2.13 bits per heavy atom. The number of benzene rings is 3. The third-order valence-corrected chi connectivity index (χ3v) is 14.8. The van der Waals surface area contributed by atoms with Gasteiger partial charge in [0.05, 0.1) is 5.41 Å².